The van der Waals surface area contributed by atoms with Crippen molar-refractivity contribution in [3.05, 3.63) is 65.1 Å². The van der Waals surface area contributed by atoms with Crippen molar-refractivity contribution in [2.24, 2.45) is 18.7 Å². The number of primary amides is 1. The monoisotopic (exact) mass is 517 g/mol. The van der Waals surface area contributed by atoms with Crippen LogP contribution < -0.4 is 21.5 Å². The van der Waals surface area contributed by atoms with E-state index in [0.29, 0.717) is 29.9 Å². The van der Waals surface area contributed by atoms with Gasteiger partial charge in [0.05, 0.1) is 11.0 Å². The molecule has 1 fully saturated rings. The number of aromatic nitrogens is 2. The molecule has 1 saturated heterocycles. The molecule has 0 saturated carbocycles. The van der Waals surface area contributed by atoms with Gasteiger partial charge in [-0.2, -0.15) is 0 Å². The molecule has 194 valence electrons. The van der Waals surface area contributed by atoms with E-state index in [4.69, 9.17) is 15.2 Å². The van der Waals surface area contributed by atoms with Crippen molar-refractivity contribution < 1.29 is 19.1 Å². The number of halogens is 1. The minimum Gasteiger partial charge on any atom is -0.490 e. The number of rotatable bonds is 8. The summed E-state index contributed by atoms with van der Waals surface area (Å²) >= 11 is 0. The van der Waals surface area contributed by atoms with Crippen LogP contribution >= 0.6 is 12.4 Å². The fourth-order valence-electron chi connectivity index (χ4n) is 4.46. The summed E-state index contributed by atoms with van der Waals surface area (Å²) in [5, 5.41) is 2.92. The Bertz CT molecular complexity index is 1220. The highest BCUT2D eigenvalue weighted by Crippen LogP contribution is 2.18. The highest BCUT2D eigenvalue weighted by atomic mass is 35.5. The maximum atomic E-state index is 12.8. The Morgan fingerprint density at radius 3 is 2.36 bits per heavy atom. The number of likely N-dealkylation sites (tertiary alicyclic amines) is 1. The van der Waals surface area contributed by atoms with Gasteiger partial charge in [0, 0.05) is 20.1 Å². The smallest absolute Gasteiger partial charge is 0.404 e. The fraction of sp³-hybridized carbons (Fsp3) is 0.400. The number of amides is 2. The normalized spacial score (nSPS) is 15.1. The van der Waals surface area contributed by atoms with Gasteiger partial charge in [-0.3, -0.25) is 9.47 Å². The third-order valence-electron chi connectivity index (χ3n) is 6.34. The number of carbonyl (C=O) groups is 2. The molecule has 1 atom stereocenters. The Hall–Kier alpha value is -3.50. The molecule has 2 aromatic carbocycles. The van der Waals surface area contributed by atoms with Crippen molar-refractivity contribution in [2.75, 3.05) is 32.8 Å². The van der Waals surface area contributed by atoms with Gasteiger partial charge in [0.1, 0.15) is 12.4 Å². The van der Waals surface area contributed by atoms with Crippen LogP contribution in [0.4, 0.5) is 9.59 Å². The zero-order valence-corrected chi connectivity index (χ0v) is 21.0. The number of fused-ring (bicyclic) bond motifs is 1. The van der Waals surface area contributed by atoms with Gasteiger partial charge in [-0.05, 0) is 56.1 Å². The summed E-state index contributed by atoms with van der Waals surface area (Å²) in [6.07, 6.45) is 0.427. The highest BCUT2D eigenvalue weighted by molar-refractivity contribution is 5.89. The minimum absolute atomic E-state index is 0. The Kier molecular flexibility index (Phi) is 9.38. The predicted octanol–water partition coefficient (Wildman–Crippen LogP) is 2.57. The molecule has 3 N–H and O–H groups in total. The van der Waals surface area contributed by atoms with Crippen molar-refractivity contribution >= 4 is 35.6 Å². The summed E-state index contributed by atoms with van der Waals surface area (Å²) < 4.78 is 13.7. The Labute approximate surface area is 215 Å². The lowest BCUT2D eigenvalue weighted by Gasteiger charge is -2.33. The molecule has 1 aliphatic rings. The number of hydrogen-bond donors (Lipinski definition) is 2. The number of imidazole rings is 1. The predicted molar refractivity (Wildman–Crippen MR) is 139 cm³/mol. The Balaban J connectivity index is 0.00000361. The quantitative estimate of drug-likeness (QED) is 0.474. The van der Waals surface area contributed by atoms with E-state index in [1.807, 2.05) is 42.5 Å². The molecule has 3 aromatic rings. The molecule has 10 nitrogen and oxygen atoms in total. The van der Waals surface area contributed by atoms with E-state index in [2.05, 4.69) is 10.2 Å². The second kappa shape index (κ2) is 12.5. The molecule has 1 aromatic heterocycles. The maximum absolute atomic E-state index is 12.8. The van der Waals surface area contributed by atoms with Crippen molar-refractivity contribution in [1.29, 1.82) is 0 Å². The van der Waals surface area contributed by atoms with Gasteiger partial charge in [-0.25, -0.2) is 19.0 Å². The van der Waals surface area contributed by atoms with Crippen LogP contribution in [0.5, 0.6) is 5.75 Å². The second-order valence-corrected chi connectivity index (χ2v) is 8.78. The van der Waals surface area contributed by atoms with E-state index in [1.165, 1.54) is 9.13 Å². The van der Waals surface area contributed by atoms with Gasteiger partial charge >= 0.3 is 17.8 Å². The lowest BCUT2D eigenvalue weighted by molar-refractivity contribution is 0.0368. The van der Waals surface area contributed by atoms with Gasteiger partial charge in [-0.1, -0.05) is 30.3 Å². The summed E-state index contributed by atoms with van der Waals surface area (Å²) in [5.41, 5.74) is 6.19. The van der Waals surface area contributed by atoms with Gasteiger partial charge in [0.2, 0.25) is 0 Å². The van der Waals surface area contributed by atoms with E-state index in [9.17, 15) is 14.4 Å². The molecule has 11 heteroatoms. The van der Waals surface area contributed by atoms with Crippen molar-refractivity contribution in [3.63, 3.8) is 0 Å². The van der Waals surface area contributed by atoms with Crippen LogP contribution in [0.2, 0.25) is 0 Å². The number of carbonyl (C=O) groups excluding carboxylic acids is 2. The molecule has 36 heavy (non-hydrogen) atoms. The summed E-state index contributed by atoms with van der Waals surface area (Å²) in [6, 6.07) is 16.1. The fourth-order valence-corrected chi connectivity index (χ4v) is 4.46. The van der Waals surface area contributed by atoms with Crippen LogP contribution in [-0.2, 0) is 11.8 Å². The molecule has 0 aliphatic carbocycles. The van der Waals surface area contributed by atoms with Gasteiger partial charge in [-0.15, -0.1) is 12.4 Å². The van der Waals surface area contributed by atoms with Crippen molar-refractivity contribution in [3.8, 4) is 5.75 Å². The van der Waals surface area contributed by atoms with Crippen LogP contribution in [0, 0.1) is 5.92 Å². The third kappa shape index (κ3) is 6.58. The van der Waals surface area contributed by atoms with Crippen molar-refractivity contribution in [2.45, 2.75) is 18.9 Å². The molecular weight excluding hydrogens is 486 g/mol. The number of nitrogens with one attached hydrogen (secondary N) is 1. The number of nitrogens with zero attached hydrogens (tertiary/aromatic N) is 3. The summed E-state index contributed by atoms with van der Waals surface area (Å²) in [7, 11) is 1.66. The highest BCUT2D eigenvalue weighted by Gasteiger charge is 2.25. The van der Waals surface area contributed by atoms with Crippen molar-refractivity contribution in [1.82, 2.24) is 19.4 Å². The summed E-state index contributed by atoms with van der Waals surface area (Å²) in [4.78, 5) is 38.9. The molecule has 0 bridgehead atoms. The lowest BCUT2D eigenvalue weighted by atomic mass is 9.96. The molecule has 2 amide bonds. The number of nitrogens with two attached hydrogens (primary N) is 1. The maximum Gasteiger partial charge on any atom is 0.404 e. The standard InChI is InChI=1S/C25H31N5O5.ClH/c1-28-21-9-5-6-10-22(21)30(25(28)33)24(32)27-15-18-11-13-29(14-12-18)16-20(35-23(26)31)17-34-19-7-3-2-4-8-19;/h2-10,18,20H,11-17H2,1H3,(H2,26,31)(H,27,32);1H. The van der Waals surface area contributed by atoms with Crippen LogP contribution in [0.3, 0.4) is 0 Å². The zero-order valence-electron chi connectivity index (χ0n) is 20.2. The van der Waals surface area contributed by atoms with Crippen LogP contribution in [0.25, 0.3) is 11.0 Å². The van der Waals surface area contributed by atoms with E-state index in [-0.39, 0.29) is 30.6 Å². The molecule has 0 radical (unpaired) electrons. The molecular formula is C25H32ClN5O5. The van der Waals surface area contributed by atoms with E-state index >= 15 is 0 Å². The van der Waals surface area contributed by atoms with E-state index in [1.54, 1.807) is 19.2 Å². The third-order valence-corrected chi connectivity index (χ3v) is 6.34. The molecule has 4 rings (SSSR count). The number of para-hydroxylation sites is 3. The first-order chi connectivity index (χ1) is 16.9. The Morgan fingerprint density at radius 1 is 1.06 bits per heavy atom. The Morgan fingerprint density at radius 2 is 1.69 bits per heavy atom. The summed E-state index contributed by atoms with van der Waals surface area (Å²) in [5.74, 6) is 0.988. The number of hydrogen-bond acceptors (Lipinski definition) is 6. The molecule has 1 aliphatic heterocycles. The topological polar surface area (TPSA) is 121 Å². The largest absolute Gasteiger partial charge is 0.490 e. The first kappa shape index (κ1) is 27.1. The number of piperidine rings is 1. The first-order valence-electron chi connectivity index (χ1n) is 11.7. The van der Waals surface area contributed by atoms with E-state index < -0.39 is 18.2 Å². The zero-order chi connectivity index (χ0) is 24.8. The number of benzene rings is 2. The van der Waals surface area contributed by atoms with Gasteiger partial charge in [0.25, 0.3) is 0 Å². The average molecular weight is 518 g/mol. The van der Waals surface area contributed by atoms with E-state index in [0.717, 1.165) is 25.9 Å². The van der Waals surface area contributed by atoms with Crippen LogP contribution in [0.15, 0.2) is 59.4 Å². The SMILES string of the molecule is Cl.Cn1c(=O)n(C(=O)NCC2CCN(CC(COc3ccccc3)OC(N)=O)CC2)c2ccccc21. The van der Waals surface area contributed by atoms with Gasteiger partial charge in [0.15, 0.2) is 6.10 Å². The molecule has 2 heterocycles. The minimum atomic E-state index is -0.826. The van der Waals surface area contributed by atoms with Gasteiger partial charge < -0.3 is 20.5 Å². The van der Waals surface area contributed by atoms with Crippen LogP contribution in [0.1, 0.15) is 12.8 Å². The van der Waals surface area contributed by atoms with Crippen LogP contribution in [-0.4, -0.2) is 65.0 Å². The first-order valence-corrected chi connectivity index (χ1v) is 11.7. The number of ether oxygens (including phenoxy) is 2. The average Bonchev–Trinajstić information content (AvgIpc) is 3.12. The molecule has 0 spiro atoms. The summed E-state index contributed by atoms with van der Waals surface area (Å²) in [6.45, 7) is 2.79. The second-order valence-electron chi connectivity index (χ2n) is 8.78. The number of aryl methyl sites for hydroxylation is 1. The lowest BCUT2D eigenvalue weighted by Crippen LogP contribution is -2.45. The molecule has 1 unspecified atom stereocenters.